The molecule has 0 aliphatic carbocycles. The Morgan fingerprint density at radius 1 is 1.28 bits per heavy atom. The summed E-state index contributed by atoms with van der Waals surface area (Å²) in [4.78, 5) is 4.21. The normalized spacial score (nSPS) is 13.3. The highest BCUT2D eigenvalue weighted by Gasteiger charge is 2.30. The summed E-state index contributed by atoms with van der Waals surface area (Å²) in [7, 11) is -3.78. The van der Waals surface area contributed by atoms with E-state index in [-0.39, 0.29) is 16.8 Å². The fourth-order valence-corrected chi connectivity index (χ4v) is 5.51. The summed E-state index contributed by atoms with van der Waals surface area (Å²) in [6.45, 7) is 7.13. The lowest BCUT2D eigenvalue weighted by atomic mass is 10.2. The largest absolute Gasteiger partial charge is 0.421 e. The first-order valence-corrected chi connectivity index (χ1v) is 10.2. The van der Waals surface area contributed by atoms with Gasteiger partial charge >= 0.3 is 0 Å². The van der Waals surface area contributed by atoms with Gasteiger partial charge in [0.2, 0.25) is 15.9 Å². The lowest BCUT2D eigenvalue weighted by Gasteiger charge is -2.16. The van der Waals surface area contributed by atoms with E-state index >= 15 is 0 Å². The third-order valence-electron chi connectivity index (χ3n) is 3.92. The Morgan fingerprint density at radius 3 is 2.60 bits per heavy atom. The molecule has 25 heavy (non-hydrogen) atoms. The highest BCUT2D eigenvalue weighted by Crippen LogP contribution is 2.34. The van der Waals surface area contributed by atoms with Crippen LogP contribution in [0.1, 0.15) is 41.5 Å². The van der Waals surface area contributed by atoms with Gasteiger partial charge in [-0.25, -0.2) is 13.1 Å². The minimum atomic E-state index is -3.78. The predicted octanol–water partition coefficient (Wildman–Crippen LogP) is 3.48. The molecule has 134 valence electrons. The highest BCUT2D eigenvalue weighted by atomic mass is 32.2. The molecule has 9 heteroatoms. The van der Waals surface area contributed by atoms with Gasteiger partial charge in [-0.1, -0.05) is 13.0 Å². The van der Waals surface area contributed by atoms with Crippen LogP contribution in [0, 0.1) is 20.8 Å². The predicted molar refractivity (Wildman–Crippen MR) is 96.0 cm³/mol. The van der Waals surface area contributed by atoms with Gasteiger partial charge in [-0.15, -0.1) is 21.5 Å². The molecule has 1 atom stereocenters. The van der Waals surface area contributed by atoms with Gasteiger partial charge < -0.3 is 9.40 Å². The number of H-pyrrole nitrogens is 1. The van der Waals surface area contributed by atoms with Crippen molar-refractivity contribution < 1.29 is 12.8 Å². The van der Waals surface area contributed by atoms with E-state index in [1.54, 1.807) is 20.8 Å². The van der Waals surface area contributed by atoms with Crippen LogP contribution in [0.3, 0.4) is 0 Å². The van der Waals surface area contributed by atoms with Crippen molar-refractivity contribution in [2.75, 3.05) is 0 Å². The maximum Gasteiger partial charge on any atom is 0.250 e. The number of aromatic nitrogens is 3. The molecule has 0 radical (unpaired) electrons. The molecule has 0 saturated carbocycles. The molecule has 3 aromatic heterocycles. The first kappa shape index (κ1) is 17.8. The molecule has 7 nitrogen and oxygen atoms in total. The molecule has 0 spiro atoms. The van der Waals surface area contributed by atoms with Gasteiger partial charge in [0, 0.05) is 23.2 Å². The zero-order valence-corrected chi connectivity index (χ0v) is 16.1. The summed E-state index contributed by atoms with van der Waals surface area (Å²) in [5.41, 5.74) is 1.63. The van der Waals surface area contributed by atoms with E-state index in [4.69, 9.17) is 4.42 Å². The number of hydrogen-bond acceptors (Lipinski definition) is 6. The zero-order valence-electron chi connectivity index (χ0n) is 14.5. The van der Waals surface area contributed by atoms with Crippen LogP contribution < -0.4 is 4.72 Å². The number of sulfonamides is 1. The van der Waals surface area contributed by atoms with E-state index in [0.717, 1.165) is 4.88 Å². The molecule has 0 saturated heterocycles. The van der Waals surface area contributed by atoms with Gasteiger partial charge in [0.15, 0.2) is 0 Å². The summed E-state index contributed by atoms with van der Waals surface area (Å²) in [6.07, 6.45) is 0.650. The fourth-order valence-electron chi connectivity index (χ4n) is 2.83. The maximum absolute atomic E-state index is 13.1. The molecule has 0 aromatic carbocycles. The van der Waals surface area contributed by atoms with E-state index in [1.165, 1.54) is 11.3 Å². The van der Waals surface area contributed by atoms with Gasteiger partial charge in [-0.2, -0.15) is 0 Å². The molecule has 3 rings (SSSR count). The fraction of sp³-hybridized carbons (Fsp3) is 0.375. The van der Waals surface area contributed by atoms with Gasteiger partial charge in [0.25, 0.3) is 5.89 Å². The Balaban J connectivity index is 2.06. The summed E-state index contributed by atoms with van der Waals surface area (Å²) >= 11 is 1.53. The van der Waals surface area contributed by atoms with Crippen LogP contribution in [-0.4, -0.2) is 23.6 Å². The number of rotatable bonds is 6. The van der Waals surface area contributed by atoms with Crippen molar-refractivity contribution in [3.8, 4) is 11.5 Å². The summed E-state index contributed by atoms with van der Waals surface area (Å²) < 4.78 is 34.5. The average Bonchev–Trinajstić information content (AvgIpc) is 3.25. The van der Waals surface area contributed by atoms with Crippen molar-refractivity contribution in [1.29, 1.82) is 0 Å². The molecule has 0 aliphatic rings. The number of nitrogens with zero attached hydrogens (tertiary/aromatic N) is 2. The Kier molecular flexibility index (Phi) is 4.81. The number of nitrogens with one attached hydrogen (secondary N) is 2. The van der Waals surface area contributed by atoms with Gasteiger partial charge in [0.1, 0.15) is 4.90 Å². The molecule has 0 aliphatic heterocycles. The van der Waals surface area contributed by atoms with Crippen molar-refractivity contribution in [2.45, 2.75) is 45.1 Å². The zero-order chi connectivity index (χ0) is 18.2. The minimum Gasteiger partial charge on any atom is -0.421 e. The van der Waals surface area contributed by atoms with Crippen molar-refractivity contribution >= 4 is 21.4 Å². The number of aryl methyl sites for hydroxylation is 3. The second-order valence-corrected chi connectivity index (χ2v) is 8.43. The van der Waals surface area contributed by atoms with Crippen molar-refractivity contribution in [3.05, 3.63) is 39.7 Å². The van der Waals surface area contributed by atoms with Gasteiger partial charge in [-0.05, 0) is 31.7 Å². The number of thiophene rings is 1. The van der Waals surface area contributed by atoms with E-state index in [0.29, 0.717) is 29.3 Å². The topological polar surface area (TPSA) is 101 Å². The van der Waals surface area contributed by atoms with E-state index in [2.05, 4.69) is 19.9 Å². The second kappa shape index (κ2) is 6.74. The Labute approximate surface area is 150 Å². The molecule has 3 heterocycles. The van der Waals surface area contributed by atoms with E-state index in [1.807, 2.05) is 24.4 Å². The summed E-state index contributed by atoms with van der Waals surface area (Å²) in [6, 6.07) is 3.56. The number of hydrogen-bond donors (Lipinski definition) is 2. The van der Waals surface area contributed by atoms with Gasteiger partial charge in [0.05, 0.1) is 11.6 Å². The molecule has 0 fully saturated rings. The van der Waals surface area contributed by atoms with E-state index in [9.17, 15) is 8.42 Å². The molecular weight excluding hydrogens is 360 g/mol. The SMILES string of the molecule is CC[C@@H](NS(=O)(=O)c1c(C)[nH]c(C)c1-c1nnc(C)o1)c1cccs1. The van der Waals surface area contributed by atoms with Crippen LogP contribution in [0.25, 0.3) is 11.5 Å². The third kappa shape index (κ3) is 3.39. The van der Waals surface area contributed by atoms with Crippen LogP contribution in [0.15, 0.2) is 26.8 Å². The minimum absolute atomic E-state index is 0.156. The van der Waals surface area contributed by atoms with Crippen molar-refractivity contribution in [2.24, 2.45) is 0 Å². The quantitative estimate of drug-likeness (QED) is 0.682. The Bertz CT molecular complexity index is 971. The van der Waals surface area contributed by atoms with Crippen molar-refractivity contribution in [3.63, 3.8) is 0 Å². The summed E-state index contributed by atoms with van der Waals surface area (Å²) in [5.74, 6) is 0.582. The molecular formula is C16H20N4O3S2. The van der Waals surface area contributed by atoms with Crippen LogP contribution in [0.2, 0.25) is 0 Å². The van der Waals surface area contributed by atoms with E-state index < -0.39 is 10.0 Å². The third-order valence-corrected chi connectivity index (χ3v) is 6.55. The maximum atomic E-state index is 13.1. The lowest BCUT2D eigenvalue weighted by Crippen LogP contribution is -2.28. The van der Waals surface area contributed by atoms with Crippen LogP contribution in [0.4, 0.5) is 0 Å². The monoisotopic (exact) mass is 380 g/mol. The Morgan fingerprint density at radius 2 is 2.04 bits per heavy atom. The van der Waals surface area contributed by atoms with Gasteiger partial charge in [-0.3, -0.25) is 0 Å². The lowest BCUT2D eigenvalue weighted by molar-refractivity contribution is 0.529. The summed E-state index contributed by atoms with van der Waals surface area (Å²) in [5, 5.41) is 9.73. The first-order valence-electron chi connectivity index (χ1n) is 7.88. The molecule has 0 bridgehead atoms. The van der Waals surface area contributed by atoms with Crippen LogP contribution >= 0.6 is 11.3 Å². The number of aromatic amines is 1. The standard InChI is InChI=1S/C16H20N4O3S2/c1-5-12(13-7-6-8-24-13)20-25(21,22)15-10(3)17-9(2)14(15)16-19-18-11(4)23-16/h6-8,12,17,20H,5H2,1-4H3/t12-/m1/s1. The van der Waals surface area contributed by atoms with Crippen LogP contribution in [0.5, 0.6) is 0 Å². The van der Waals surface area contributed by atoms with Crippen LogP contribution in [-0.2, 0) is 10.0 Å². The molecule has 3 aromatic rings. The molecule has 2 N–H and O–H groups in total. The van der Waals surface area contributed by atoms with Crippen molar-refractivity contribution in [1.82, 2.24) is 19.9 Å². The smallest absolute Gasteiger partial charge is 0.250 e. The molecule has 0 unspecified atom stereocenters. The second-order valence-electron chi connectivity index (χ2n) is 5.80. The first-order chi connectivity index (χ1) is 11.8. The Hall–Kier alpha value is -1.97. The average molecular weight is 380 g/mol. The molecule has 0 amide bonds. The highest BCUT2D eigenvalue weighted by molar-refractivity contribution is 7.89.